The van der Waals surface area contributed by atoms with Gasteiger partial charge in [-0.1, -0.05) is 50.2 Å². The molecule has 6 nitrogen and oxygen atoms in total. The Kier molecular flexibility index (Phi) is 3.90. The smallest absolute Gasteiger partial charge is 0.269 e. The van der Waals surface area contributed by atoms with Gasteiger partial charge in [0.25, 0.3) is 5.69 Å². The van der Waals surface area contributed by atoms with Gasteiger partial charge >= 0.3 is 0 Å². The van der Waals surface area contributed by atoms with Crippen LogP contribution in [0.4, 0.5) is 5.69 Å². The molecule has 0 N–H and O–H groups in total. The molecule has 2 aromatic carbocycles. The zero-order valence-electron chi connectivity index (χ0n) is 16.7. The number of nitrogens with zero attached hydrogens (tertiary/aromatic N) is 2. The van der Waals surface area contributed by atoms with Crippen LogP contribution in [0, 0.1) is 21.4 Å². The molecule has 0 spiro atoms. The van der Waals surface area contributed by atoms with Crippen molar-refractivity contribution < 1.29 is 14.5 Å². The van der Waals surface area contributed by atoms with Gasteiger partial charge in [0.15, 0.2) is 11.6 Å². The fourth-order valence-corrected chi connectivity index (χ4v) is 5.08. The summed E-state index contributed by atoms with van der Waals surface area (Å²) in [6.45, 7) is 4.08. The van der Waals surface area contributed by atoms with Crippen molar-refractivity contribution in [1.82, 2.24) is 0 Å². The lowest BCUT2D eigenvalue weighted by Gasteiger charge is -2.38. The van der Waals surface area contributed by atoms with Crippen LogP contribution in [0.3, 0.4) is 0 Å². The normalized spacial score (nSPS) is 24.1. The van der Waals surface area contributed by atoms with Gasteiger partial charge in [-0.3, -0.25) is 24.7 Å². The second kappa shape index (κ2) is 6.29. The van der Waals surface area contributed by atoms with E-state index < -0.39 is 16.8 Å². The fraction of sp³-hybridized carbons (Fsp3) is 0.292. The number of allylic oxidation sites excluding steroid dienone is 2. The first-order valence-electron chi connectivity index (χ1n) is 10.00. The van der Waals surface area contributed by atoms with Crippen LogP contribution >= 0.6 is 0 Å². The van der Waals surface area contributed by atoms with Gasteiger partial charge in [-0.2, -0.15) is 0 Å². The lowest BCUT2D eigenvalue weighted by atomic mass is 9.66. The van der Waals surface area contributed by atoms with E-state index in [4.69, 9.17) is 4.99 Å². The van der Waals surface area contributed by atoms with Crippen LogP contribution in [0.1, 0.15) is 54.1 Å². The van der Waals surface area contributed by atoms with Crippen LogP contribution in [0.5, 0.6) is 0 Å². The number of nitro groups is 1. The van der Waals surface area contributed by atoms with Crippen molar-refractivity contribution in [3.05, 3.63) is 86.6 Å². The van der Waals surface area contributed by atoms with Crippen LogP contribution in [-0.2, 0) is 4.79 Å². The summed E-state index contributed by atoms with van der Waals surface area (Å²) in [6.07, 6.45) is 1.00. The van der Waals surface area contributed by atoms with Crippen molar-refractivity contribution in [1.29, 1.82) is 0 Å². The number of carbonyl (C=O) groups excluding carboxylic acids is 2. The number of non-ortho nitro benzene ring substituents is 1. The maximum absolute atomic E-state index is 13.4. The van der Waals surface area contributed by atoms with Crippen LogP contribution in [0.15, 0.2) is 64.8 Å². The van der Waals surface area contributed by atoms with Gasteiger partial charge in [0, 0.05) is 46.9 Å². The molecular formula is C24H20N2O4. The molecule has 0 bridgehead atoms. The first-order valence-corrected chi connectivity index (χ1v) is 10.00. The number of hydrogen-bond donors (Lipinski definition) is 0. The topological polar surface area (TPSA) is 89.6 Å². The minimum absolute atomic E-state index is 0.0238. The van der Waals surface area contributed by atoms with Crippen molar-refractivity contribution in [2.75, 3.05) is 0 Å². The van der Waals surface area contributed by atoms with Crippen LogP contribution in [0.25, 0.3) is 0 Å². The molecule has 1 heterocycles. The van der Waals surface area contributed by atoms with Gasteiger partial charge in [-0.05, 0) is 17.4 Å². The molecule has 0 saturated carbocycles. The van der Waals surface area contributed by atoms with Crippen molar-refractivity contribution >= 4 is 23.0 Å². The van der Waals surface area contributed by atoms with Gasteiger partial charge in [-0.15, -0.1) is 0 Å². The molecule has 2 aromatic rings. The Morgan fingerprint density at radius 2 is 1.73 bits per heavy atom. The molecule has 0 saturated heterocycles. The predicted molar refractivity (Wildman–Crippen MR) is 112 cm³/mol. The molecule has 0 radical (unpaired) electrons. The van der Waals surface area contributed by atoms with E-state index in [0.717, 1.165) is 5.56 Å². The van der Waals surface area contributed by atoms with Gasteiger partial charge in [0.1, 0.15) is 0 Å². The molecule has 2 aliphatic carbocycles. The highest BCUT2D eigenvalue weighted by Gasteiger charge is 2.50. The Morgan fingerprint density at radius 3 is 2.47 bits per heavy atom. The molecule has 1 aliphatic heterocycles. The van der Waals surface area contributed by atoms with Crippen LogP contribution in [-0.4, -0.2) is 22.2 Å². The van der Waals surface area contributed by atoms with Crippen molar-refractivity contribution in [3.8, 4) is 0 Å². The van der Waals surface area contributed by atoms with E-state index >= 15 is 0 Å². The molecule has 5 rings (SSSR count). The van der Waals surface area contributed by atoms with Gasteiger partial charge in [0.2, 0.25) is 0 Å². The minimum atomic E-state index is -0.631. The Morgan fingerprint density at radius 1 is 1.00 bits per heavy atom. The molecule has 0 fully saturated rings. The van der Waals surface area contributed by atoms with Crippen molar-refractivity contribution in [2.45, 2.75) is 32.6 Å². The molecule has 6 heteroatoms. The predicted octanol–water partition coefficient (Wildman–Crippen LogP) is 4.64. The lowest BCUT2D eigenvalue weighted by Crippen LogP contribution is -2.37. The number of nitro benzene ring substituents is 1. The fourth-order valence-electron chi connectivity index (χ4n) is 5.08. The highest BCUT2D eigenvalue weighted by atomic mass is 16.6. The molecule has 30 heavy (non-hydrogen) atoms. The SMILES string of the molecule is CC1(C)CC(=O)C2=C(C1)N=C1c3ccccc3C(=O)C1C2c1cccc([N+](=O)[O-])c1. The standard InChI is InChI=1S/C24H20N2O4/c1-24(2)11-17-20(18(27)12-24)19(13-6-5-7-14(10-13)26(29)30)21-22(25-17)15-8-3-4-9-16(15)23(21)28/h3-10,19,21H,11-12H2,1-2H3. The third-order valence-electron chi connectivity index (χ3n) is 6.28. The molecule has 2 unspecified atom stereocenters. The van der Waals surface area contributed by atoms with Crippen molar-refractivity contribution in [2.24, 2.45) is 16.3 Å². The van der Waals surface area contributed by atoms with Gasteiger partial charge in [-0.25, -0.2) is 0 Å². The second-order valence-corrected chi connectivity index (χ2v) is 9.02. The number of fused-ring (bicyclic) bond motifs is 3. The summed E-state index contributed by atoms with van der Waals surface area (Å²) in [6, 6.07) is 13.7. The van der Waals surface area contributed by atoms with E-state index in [1.807, 2.05) is 32.0 Å². The third kappa shape index (κ3) is 2.67. The average molecular weight is 400 g/mol. The Balaban J connectivity index is 1.77. The second-order valence-electron chi connectivity index (χ2n) is 9.02. The van der Waals surface area contributed by atoms with E-state index in [1.165, 1.54) is 12.1 Å². The Hall–Kier alpha value is -3.41. The minimum Gasteiger partial charge on any atom is -0.294 e. The summed E-state index contributed by atoms with van der Waals surface area (Å²) in [4.78, 5) is 42.4. The third-order valence-corrected chi connectivity index (χ3v) is 6.28. The monoisotopic (exact) mass is 400 g/mol. The Bertz CT molecular complexity index is 1210. The Labute approximate surface area is 173 Å². The number of rotatable bonds is 2. The number of hydrogen-bond acceptors (Lipinski definition) is 5. The number of Topliss-reactive ketones (excluding diaryl/α,β-unsaturated/α-hetero) is 2. The maximum atomic E-state index is 13.4. The zero-order valence-corrected chi connectivity index (χ0v) is 16.7. The highest BCUT2D eigenvalue weighted by Crippen LogP contribution is 2.51. The quantitative estimate of drug-likeness (QED) is 0.543. The average Bonchev–Trinajstić information content (AvgIpc) is 2.98. The molecular weight excluding hydrogens is 380 g/mol. The number of ketones is 2. The number of aliphatic imine (C=N–C) groups is 1. The largest absolute Gasteiger partial charge is 0.294 e. The van der Waals surface area contributed by atoms with E-state index in [0.29, 0.717) is 41.0 Å². The van der Waals surface area contributed by atoms with Gasteiger partial charge < -0.3 is 0 Å². The van der Waals surface area contributed by atoms with Crippen LogP contribution in [0.2, 0.25) is 0 Å². The zero-order chi connectivity index (χ0) is 21.2. The summed E-state index contributed by atoms with van der Waals surface area (Å²) < 4.78 is 0. The highest BCUT2D eigenvalue weighted by molar-refractivity contribution is 6.30. The van der Waals surface area contributed by atoms with Crippen molar-refractivity contribution in [3.63, 3.8) is 0 Å². The lowest BCUT2D eigenvalue weighted by molar-refractivity contribution is -0.384. The maximum Gasteiger partial charge on any atom is 0.269 e. The van der Waals surface area contributed by atoms with Crippen LogP contribution < -0.4 is 0 Å². The molecule has 2 atom stereocenters. The van der Waals surface area contributed by atoms with E-state index in [1.54, 1.807) is 18.2 Å². The summed E-state index contributed by atoms with van der Waals surface area (Å²) in [5, 5.41) is 11.4. The molecule has 0 aromatic heterocycles. The number of benzene rings is 2. The summed E-state index contributed by atoms with van der Waals surface area (Å²) in [5.74, 6) is -1.29. The van der Waals surface area contributed by atoms with Gasteiger partial charge in [0.05, 0.1) is 16.6 Å². The molecule has 0 amide bonds. The number of carbonyl (C=O) groups is 2. The molecule has 3 aliphatic rings. The first kappa shape index (κ1) is 18.6. The summed E-state index contributed by atoms with van der Waals surface area (Å²) in [5.41, 5.74) is 3.68. The molecule has 150 valence electrons. The van der Waals surface area contributed by atoms with E-state index in [2.05, 4.69) is 0 Å². The van der Waals surface area contributed by atoms with E-state index in [9.17, 15) is 19.7 Å². The summed E-state index contributed by atoms with van der Waals surface area (Å²) >= 11 is 0. The first-order chi connectivity index (χ1) is 14.3. The summed E-state index contributed by atoms with van der Waals surface area (Å²) in [7, 11) is 0. The van der Waals surface area contributed by atoms with E-state index in [-0.39, 0.29) is 22.7 Å².